The lowest BCUT2D eigenvalue weighted by Crippen LogP contribution is -2.14. The molecule has 2 heterocycles. The summed E-state index contributed by atoms with van der Waals surface area (Å²) in [5, 5.41) is 4.42. The Kier molecular flexibility index (Phi) is 7.42. The molecule has 3 aromatic carbocycles. The van der Waals surface area contributed by atoms with Gasteiger partial charge < -0.3 is 14.5 Å². The van der Waals surface area contributed by atoms with E-state index in [2.05, 4.69) is 20.0 Å². The third kappa shape index (κ3) is 6.12. The molecule has 8 nitrogen and oxygen atoms in total. The lowest BCUT2D eigenvalue weighted by molar-refractivity contribution is 0.306. The molecule has 1 atom stereocenters. The van der Waals surface area contributed by atoms with Crippen molar-refractivity contribution in [2.45, 2.75) is 13.2 Å². The Morgan fingerprint density at radius 2 is 1.95 bits per heavy atom. The lowest BCUT2D eigenvalue weighted by atomic mass is 10.1. The van der Waals surface area contributed by atoms with Crippen molar-refractivity contribution in [2.24, 2.45) is 0 Å². The van der Waals surface area contributed by atoms with Crippen molar-refractivity contribution < 1.29 is 22.3 Å². The molecule has 0 aliphatic rings. The van der Waals surface area contributed by atoms with Gasteiger partial charge in [0.25, 0.3) is 0 Å². The summed E-state index contributed by atoms with van der Waals surface area (Å²) in [6, 6.07) is 20.6. The number of benzene rings is 3. The maximum atomic E-state index is 13.4. The van der Waals surface area contributed by atoms with Gasteiger partial charge in [0.15, 0.2) is 0 Å². The molecule has 5 rings (SSSR count). The van der Waals surface area contributed by atoms with Gasteiger partial charge in [-0.1, -0.05) is 23.7 Å². The van der Waals surface area contributed by atoms with E-state index in [4.69, 9.17) is 25.3 Å². The maximum absolute atomic E-state index is 13.4. The van der Waals surface area contributed by atoms with Crippen LogP contribution in [0.15, 0.2) is 83.5 Å². The lowest BCUT2D eigenvalue weighted by Gasteiger charge is -2.12. The number of anilines is 2. The van der Waals surface area contributed by atoms with E-state index in [0.717, 1.165) is 16.5 Å². The first-order valence-corrected chi connectivity index (χ1v) is 12.5. The van der Waals surface area contributed by atoms with Crippen molar-refractivity contribution in [2.75, 3.05) is 5.32 Å². The first-order valence-electron chi connectivity index (χ1n) is 11.1. The molecule has 0 amide bonds. The molecule has 1 unspecified atom stereocenters. The quantitative estimate of drug-likeness (QED) is 0.191. The zero-order chi connectivity index (χ0) is 25.8. The van der Waals surface area contributed by atoms with Crippen molar-refractivity contribution >= 4 is 45.3 Å². The van der Waals surface area contributed by atoms with Gasteiger partial charge in [-0.3, -0.25) is 4.55 Å². The summed E-state index contributed by atoms with van der Waals surface area (Å²) in [6.45, 7) is 0.307. The van der Waals surface area contributed by atoms with E-state index in [-0.39, 0.29) is 19.0 Å². The van der Waals surface area contributed by atoms with E-state index in [1.165, 1.54) is 18.5 Å². The molecule has 3 N–H and O–H groups in total. The Hall–Kier alpha value is -3.83. The van der Waals surface area contributed by atoms with Crippen LogP contribution >= 0.6 is 11.6 Å². The number of hydrogen-bond donors (Lipinski definition) is 3. The highest BCUT2D eigenvalue weighted by Crippen LogP contribution is 2.32. The molecule has 37 heavy (non-hydrogen) atoms. The molecule has 0 fully saturated rings. The first-order chi connectivity index (χ1) is 17.9. The standard InChI is InChI=1S/C26H20ClFN4O4S/c27-22-12-19(5-8-25(22)35-14-16-2-1-3-18(28)10-16)32-26-21-11-17(4-7-23(21)29-15-30-26)24-9-6-20(36-24)13-31-37(33)34/h1-12,15,31H,13-14H2,(H,33,34)(H,29,30,32). The van der Waals surface area contributed by atoms with Gasteiger partial charge in [0, 0.05) is 16.6 Å². The largest absolute Gasteiger partial charge is 0.487 e. The van der Waals surface area contributed by atoms with E-state index in [0.29, 0.717) is 39.4 Å². The summed E-state index contributed by atoms with van der Waals surface area (Å²) >= 11 is 4.32. The highest BCUT2D eigenvalue weighted by Gasteiger charge is 2.11. The molecule has 2 aromatic heterocycles. The van der Waals surface area contributed by atoms with Gasteiger partial charge in [0.05, 0.1) is 17.1 Å². The second-order valence-corrected chi connectivity index (χ2v) is 9.17. The normalized spacial score (nSPS) is 12.0. The minimum atomic E-state index is -2.12. The first kappa shape index (κ1) is 24.8. The highest BCUT2D eigenvalue weighted by molar-refractivity contribution is 7.77. The second kappa shape index (κ2) is 11.1. The topological polar surface area (TPSA) is 110 Å². The third-order valence-electron chi connectivity index (χ3n) is 5.43. The van der Waals surface area contributed by atoms with Crippen LogP contribution in [-0.4, -0.2) is 18.7 Å². The monoisotopic (exact) mass is 538 g/mol. The van der Waals surface area contributed by atoms with Crippen molar-refractivity contribution in [1.29, 1.82) is 0 Å². The molecule has 0 aliphatic carbocycles. The van der Waals surface area contributed by atoms with Crippen LogP contribution in [0.1, 0.15) is 11.3 Å². The predicted molar refractivity (Wildman–Crippen MR) is 140 cm³/mol. The SMILES string of the molecule is O=S(O)NCc1ccc(-c2ccc3ncnc(Nc4ccc(OCc5cccc(F)c5)c(Cl)c4)c3c2)o1. The van der Waals surface area contributed by atoms with Gasteiger partial charge in [0.2, 0.25) is 11.3 Å². The van der Waals surface area contributed by atoms with Gasteiger partial charge in [-0.15, -0.1) is 0 Å². The Morgan fingerprint density at radius 1 is 1.05 bits per heavy atom. The Morgan fingerprint density at radius 3 is 2.76 bits per heavy atom. The average molecular weight is 539 g/mol. The fourth-order valence-electron chi connectivity index (χ4n) is 3.69. The highest BCUT2D eigenvalue weighted by atomic mass is 35.5. The fraction of sp³-hybridized carbons (Fsp3) is 0.0769. The Balaban J connectivity index is 1.35. The predicted octanol–water partition coefficient (Wildman–Crippen LogP) is 6.23. The second-order valence-electron chi connectivity index (χ2n) is 7.98. The molecule has 0 spiro atoms. The van der Waals surface area contributed by atoms with Crippen LogP contribution in [0.4, 0.5) is 15.9 Å². The minimum absolute atomic E-state index is 0.120. The Labute approximate surface area is 218 Å². The third-order valence-corrected chi connectivity index (χ3v) is 6.12. The molecule has 0 bridgehead atoms. The molecular formula is C26H20ClFN4O4S. The Bertz CT molecular complexity index is 1600. The fourth-order valence-corrected chi connectivity index (χ4v) is 4.19. The smallest absolute Gasteiger partial charge is 0.232 e. The van der Waals surface area contributed by atoms with Crippen LogP contribution in [0, 0.1) is 5.82 Å². The van der Waals surface area contributed by atoms with E-state index < -0.39 is 11.3 Å². The van der Waals surface area contributed by atoms with Crippen LogP contribution in [0.3, 0.4) is 0 Å². The molecular weight excluding hydrogens is 519 g/mol. The maximum Gasteiger partial charge on any atom is 0.232 e. The van der Waals surface area contributed by atoms with Gasteiger partial charge >= 0.3 is 0 Å². The zero-order valence-corrected chi connectivity index (χ0v) is 20.7. The number of nitrogens with one attached hydrogen (secondary N) is 2. The van der Waals surface area contributed by atoms with E-state index in [9.17, 15) is 8.60 Å². The van der Waals surface area contributed by atoms with Crippen LogP contribution in [0.5, 0.6) is 5.75 Å². The van der Waals surface area contributed by atoms with Gasteiger partial charge in [-0.25, -0.2) is 23.3 Å². The number of nitrogens with zero attached hydrogens (tertiary/aromatic N) is 2. The van der Waals surface area contributed by atoms with E-state index in [1.807, 2.05) is 24.3 Å². The van der Waals surface area contributed by atoms with Crippen molar-refractivity contribution in [1.82, 2.24) is 14.7 Å². The van der Waals surface area contributed by atoms with Gasteiger partial charge in [-0.05, 0) is 66.2 Å². The van der Waals surface area contributed by atoms with Crippen molar-refractivity contribution in [3.05, 3.63) is 101 Å². The number of ether oxygens (including phenoxy) is 1. The average Bonchev–Trinajstić information content (AvgIpc) is 3.36. The summed E-state index contributed by atoms with van der Waals surface area (Å²) in [4.78, 5) is 8.73. The molecule has 0 saturated heterocycles. The molecule has 0 radical (unpaired) electrons. The van der Waals surface area contributed by atoms with E-state index >= 15 is 0 Å². The zero-order valence-electron chi connectivity index (χ0n) is 19.2. The van der Waals surface area contributed by atoms with Crippen molar-refractivity contribution in [3.8, 4) is 17.1 Å². The molecule has 0 aliphatic heterocycles. The summed E-state index contributed by atoms with van der Waals surface area (Å²) in [5.74, 6) is 1.84. The number of aromatic nitrogens is 2. The van der Waals surface area contributed by atoms with Crippen LogP contribution in [0.2, 0.25) is 5.02 Å². The number of fused-ring (bicyclic) bond motifs is 1. The van der Waals surface area contributed by atoms with Crippen LogP contribution in [0.25, 0.3) is 22.2 Å². The molecule has 5 aromatic rings. The number of rotatable bonds is 9. The van der Waals surface area contributed by atoms with Gasteiger partial charge in [-0.2, -0.15) is 0 Å². The minimum Gasteiger partial charge on any atom is -0.487 e. The molecule has 11 heteroatoms. The summed E-state index contributed by atoms with van der Waals surface area (Å²) < 4.78 is 47.1. The van der Waals surface area contributed by atoms with Gasteiger partial charge in [0.1, 0.15) is 41.8 Å². The number of halogens is 2. The molecule has 0 saturated carbocycles. The number of furan rings is 1. The number of hydrogen-bond acceptors (Lipinski definition) is 6. The summed E-state index contributed by atoms with van der Waals surface area (Å²) in [5.41, 5.74) is 2.91. The van der Waals surface area contributed by atoms with Crippen molar-refractivity contribution in [3.63, 3.8) is 0 Å². The molecule has 188 valence electrons. The van der Waals surface area contributed by atoms with Crippen LogP contribution in [-0.2, 0) is 24.4 Å². The summed E-state index contributed by atoms with van der Waals surface area (Å²) in [7, 11) is 0. The van der Waals surface area contributed by atoms with E-state index in [1.54, 1.807) is 36.4 Å². The summed E-state index contributed by atoms with van der Waals surface area (Å²) in [6.07, 6.45) is 1.47. The van der Waals surface area contributed by atoms with Crippen LogP contribution < -0.4 is 14.8 Å².